The van der Waals surface area contributed by atoms with Crippen LogP contribution in [0, 0.1) is 5.82 Å². The topological polar surface area (TPSA) is 78.8 Å². The van der Waals surface area contributed by atoms with Crippen LogP contribution in [0.25, 0.3) is 11.4 Å². The Kier molecular flexibility index (Phi) is 3.13. The average Bonchev–Trinajstić information content (AvgIpc) is 2.84. The molecule has 3 rings (SSSR count). The lowest BCUT2D eigenvalue weighted by atomic mass is 9.80. The van der Waals surface area contributed by atoms with E-state index < -0.39 is 5.82 Å². The second-order valence-corrected chi connectivity index (χ2v) is 5.14. The summed E-state index contributed by atoms with van der Waals surface area (Å²) in [6.45, 7) is 0.514. The molecule has 1 heterocycles. The number of hydrogen-bond donors (Lipinski definition) is 1. The molecule has 1 aromatic carbocycles. The van der Waals surface area contributed by atoms with Gasteiger partial charge in [-0.25, -0.2) is 9.07 Å². The third-order valence-electron chi connectivity index (χ3n) is 3.90. The van der Waals surface area contributed by atoms with Crippen molar-refractivity contribution in [2.45, 2.75) is 31.4 Å². The van der Waals surface area contributed by atoms with Crippen molar-refractivity contribution in [1.82, 2.24) is 20.2 Å². The van der Waals surface area contributed by atoms with E-state index in [1.54, 1.807) is 11.8 Å². The number of anilines is 1. The number of tetrazole rings is 1. The Bertz CT molecular complexity index is 617. The fraction of sp³-hybridized carbons (Fsp3) is 0.462. The van der Waals surface area contributed by atoms with E-state index in [-0.39, 0.29) is 5.60 Å². The van der Waals surface area contributed by atoms with Gasteiger partial charge in [0.2, 0.25) is 0 Å². The van der Waals surface area contributed by atoms with Gasteiger partial charge in [0.15, 0.2) is 5.82 Å². The highest BCUT2D eigenvalue weighted by molar-refractivity contribution is 5.61. The zero-order chi connectivity index (χ0) is 14.2. The van der Waals surface area contributed by atoms with Crippen molar-refractivity contribution in [3.05, 3.63) is 24.0 Å². The molecule has 106 valence electrons. The third-order valence-corrected chi connectivity index (χ3v) is 3.90. The minimum absolute atomic E-state index is 0.235. The van der Waals surface area contributed by atoms with Crippen molar-refractivity contribution < 1.29 is 9.13 Å². The Morgan fingerprint density at radius 1 is 1.45 bits per heavy atom. The molecule has 20 heavy (non-hydrogen) atoms. The molecule has 0 radical (unpaired) electrons. The van der Waals surface area contributed by atoms with Crippen LogP contribution in [0.5, 0.6) is 0 Å². The molecule has 0 spiro atoms. The van der Waals surface area contributed by atoms with Crippen molar-refractivity contribution >= 4 is 5.69 Å². The van der Waals surface area contributed by atoms with Crippen LogP contribution in [-0.4, -0.2) is 32.9 Å². The summed E-state index contributed by atoms with van der Waals surface area (Å²) < 4.78 is 21.1. The SMILES string of the molecule is COC1(Cn2nnnc2-c2cc(N)ccc2F)CCC1. The van der Waals surface area contributed by atoms with Gasteiger partial charge in [0.25, 0.3) is 0 Å². The number of rotatable bonds is 4. The highest BCUT2D eigenvalue weighted by Crippen LogP contribution is 2.37. The Hall–Kier alpha value is -2.02. The molecule has 7 heteroatoms. The molecule has 0 aliphatic heterocycles. The highest BCUT2D eigenvalue weighted by atomic mass is 19.1. The van der Waals surface area contributed by atoms with Crippen molar-refractivity contribution in [3.63, 3.8) is 0 Å². The molecular weight excluding hydrogens is 261 g/mol. The van der Waals surface area contributed by atoms with Crippen LogP contribution in [0.15, 0.2) is 18.2 Å². The van der Waals surface area contributed by atoms with Gasteiger partial charge in [0.1, 0.15) is 5.82 Å². The number of halogens is 1. The number of methoxy groups -OCH3 is 1. The third kappa shape index (κ3) is 2.14. The highest BCUT2D eigenvalue weighted by Gasteiger charge is 2.38. The van der Waals surface area contributed by atoms with Gasteiger partial charge in [-0.05, 0) is 47.9 Å². The first-order valence-corrected chi connectivity index (χ1v) is 6.50. The molecule has 1 aliphatic carbocycles. The summed E-state index contributed by atoms with van der Waals surface area (Å²) in [6, 6.07) is 4.37. The van der Waals surface area contributed by atoms with E-state index in [1.165, 1.54) is 18.2 Å². The van der Waals surface area contributed by atoms with Crippen molar-refractivity contribution in [1.29, 1.82) is 0 Å². The maximum atomic E-state index is 13.9. The molecule has 0 amide bonds. The summed E-state index contributed by atoms with van der Waals surface area (Å²) in [5.41, 5.74) is 6.25. The van der Waals surface area contributed by atoms with Gasteiger partial charge in [0.05, 0.1) is 17.7 Å². The van der Waals surface area contributed by atoms with Crippen LogP contribution in [0.2, 0.25) is 0 Å². The fourth-order valence-electron chi connectivity index (χ4n) is 2.49. The monoisotopic (exact) mass is 277 g/mol. The predicted molar refractivity (Wildman–Crippen MR) is 71.2 cm³/mol. The Morgan fingerprint density at radius 2 is 2.25 bits per heavy atom. The van der Waals surface area contributed by atoms with Crippen LogP contribution in [-0.2, 0) is 11.3 Å². The van der Waals surface area contributed by atoms with Gasteiger partial charge in [-0.15, -0.1) is 5.10 Å². The summed E-state index contributed by atoms with van der Waals surface area (Å²) in [4.78, 5) is 0. The van der Waals surface area contributed by atoms with Crippen molar-refractivity contribution in [3.8, 4) is 11.4 Å². The predicted octanol–water partition coefficient (Wildman–Crippen LogP) is 1.63. The number of nitrogens with zero attached hydrogens (tertiary/aromatic N) is 4. The molecule has 1 saturated carbocycles. The Balaban J connectivity index is 1.96. The van der Waals surface area contributed by atoms with Gasteiger partial charge < -0.3 is 10.5 Å². The standard InChI is InChI=1S/C13H16FN5O/c1-20-13(5-2-6-13)8-19-12(16-17-18-19)10-7-9(15)3-4-11(10)14/h3-4,7H,2,5-6,8,15H2,1H3. The minimum Gasteiger partial charge on any atom is -0.399 e. The number of aromatic nitrogens is 4. The first-order chi connectivity index (χ1) is 9.63. The van der Waals surface area contributed by atoms with Crippen molar-refractivity contribution in [2.24, 2.45) is 0 Å². The molecule has 0 bridgehead atoms. The van der Waals surface area contributed by atoms with E-state index >= 15 is 0 Å². The number of ether oxygens (including phenoxy) is 1. The second-order valence-electron chi connectivity index (χ2n) is 5.14. The first-order valence-electron chi connectivity index (χ1n) is 6.50. The van der Waals surface area contributed by atoms with E-state index in [0.29, 0.717) is 23.6 Å². The van der Waals surface area contributed by atoms with Crippen LogP contribution < -0.4 is 5.73 Å². The summed E-state index contributed by atoms with van der Waals surface area (Å²) in [6.07, 6.45) is 3.04. The number of benzene rings is 1. The summed E-state index contributed by atoms with van der Waals surface area (Å²) in [7, 11) is 1.68. The molecule has 0 atom stereocenters. The van der Waals surface area contributed by atoms with Crippen LogP contribution in [0.1, 0.15) is 19.3 Å². The largest absolute Gasteiger partial charge is 0.399 e. The summed E-state index contributed by atoms with van der Waals surface area (Å²) in [5.74, 6) is -0.0200. The molecule has 2 aromatic rings. The maximum Gasteiger partial charge on any atom is 0.185 e. The molecule has 0 unspecified atom stereocenters. The van der Waals surface area contributed by atoms with Gasteiger partial charge in [0, 0.05) is 12.8 Å². The average molecular weight is 277 g/mol. The molecule has 1 aliphatic rings. The quantitative estimate of drug-likeness (QED) is 0.859. The molecule has 0 saturated heterocycles. The van der Waals surface area contributed by atoms with E-state index in [1.807, 2.05) is 0 Å². The smallest absolute Gasteiger partial charge is 0.185 e. The molecule has 6 nitrogen and oxygen atoms in total. The molecule has 2 N–H and O–H groups in total. The maximum absolute atomic E-state index is 13.9. The minimum atomic E-state index is -0.393. The van der Waals surface area contributed by atoms with Crippen molar-refractivity contribution in [2.75, 3.05) is 12.8 Å². The number of hydrogen-bond acceptors (Lipinski definition) is 5. The number of nitrogens with two attached hydrogens (primary N) is 1. The normalized spacial score (nSPS) is 16.9. The van der Waals surface area contributed by atoms with E-state index in [0.717, 1.165) is 19.3 Å². The summed E-state index contributed by atoms with van der Waals surface area (Å²) in [5, 5.41) is 11.5. The lowest BCUT2D eigenvalue weighted by molar-refractivity contribution is -0.0855. The molecule has 1 aromatic heterocycles. The van der Waals surface area contributed by atoms with Gasteiger partial charge in [-0.3, -0.25) is 0 Å². The van der Waals surface area contributed by atoms with Gasteiger partial charge >= 0.3 is 0 Å². The summed E-state index contributed by atoms with van der Waals surface area (Å²) >= 11 is 0. The van der Waals surface area contributed by atoms with E-state index in [2.05, 4.69) is 15.5 Å². The van der Waals surface area contributed by atoms with Gasteiger partial charge in [-0.1, -0.05) is 0 Å². The Morgan fingerprint density at radius 3 is 2.90 bits per heavy atom. The number of nitrogen functional groups attached to an aromatic ring is 1. The Labute approximate surface area is 115 Å². The zero-order valence-corrected chi connectivity index (χ0v) is 11.2. The lowest BCUT2D eigenvalue weighted by Crippen LogP contribution is -2.43. The van der Waals surface area contributed by atoms with Crippen LogP contribution >= 0.6 is 0 Å². The van der Waals surface area contributed by atoms with Crippen LogP contribution in [0.3, 0.4) is 0 Å². The van der Waals surface area contributed by atoms with Crippen LogP contribution in [0.4, 0.5) is 10.1 Å². The molecule has 1 fully saturated rings. The van der Waals surface area contributed by atoms with E-state index in [4.69, 9.17) is 10.5 Å². The lowest BCUT2D eigenvalue weighted by Gasteiger charge is -2.40. The van der Waals surface area contributed by atoms with Gasteiger partial charge in [-0.2, -0.15) is 0 Å². The fourth-order valence-corrected chi connectivity index (χ4v) is 2.49. The second kappa shape index (κ2) is 4.82. The molecular formula is C13H16FN5O. The van der Waals surface area contributed by atoms with E-state index in [9.17, 15) is 4.39 Å². The zero-order valence-electron chi connectivity index (χ0n) is 11.2. The first kappa shape index (κ1) is 13.0.